The summed E-state index contributed by atoms with van der Waals surface area (Å²) in [7, 11) is 7.12. The summed E-state index contributed by atoms with van der Waals surface area (Å²) in [5.74, 6) is 0.418. The van der Waals surface area contributed by atoms with Gasteiger partial charge in [0.15, 0.2) is 5.78 Å². The fourth-order valence-corrected chi connectivity index (χ4v) is 10.8. The Morgan fingerprint density at radius 3 is 2.53 bits per heavy atom. The summed E-state index contributed by atoms with van der Waals surface area (Å²) >= 11 is 0. The van der Waals surface area contributed by atoms with Gasteiger partial charge in [-0.2, -0.15) is 0 Å². The van der Waals surface area contributed by atoms with Crippen molar-refractivity contribution in [2.45, 2.75) is 56.6 Å². The quantitative estimate of drug-likeness (QED) is 0.653. The third-order valence-corrected chi connectivity index (χ3v) is 11.1. The number of piperidine rings is 1. The predicted octanol–water partition coefficient (Wildman–Crippen LogP) is 1.22. The molecule has 1 aliphatic heterocycles. The van der Waals surface area contributed by atoms with Crippen molar-refractivity contribution in [2.24, 2.45) is 46.3 Å². The SMILES string of the molecule is CCN1C[C@]2(COC)CC[C@H](OC)[C@@]34C1[C@@H](C1C(=O)[C@H](OC)C5C[C@@H]3[C@@H]1[C@H]5O)[C@H](OC)[C@H]24. The van der Waals surface area contributed by atoms with Gasteiger partial charge >= 0.3 is 0 Å². The number of likely N-dealkylation sites (tertiary alicyclic amines) is 1. The molecule has 1 saturated heterocycles. The molecule has 1 heterocycles. The fourth-order valence-electron chi connectivity index (χ4n) is 10.8. The molecule has 32 heavy (non-hydrogen) atoms. The zero-order valence-corrected chi connectivity index (χ0v) is 20.0. The molecule has 7 nitrogen and oxygen atoms in total. The van der Waals surface area contributed by atoms with E-state index in [0.29, 0.717) is 6.61 Å². The molecule has 3 unspecified atom stereocenters. The van der Waals surface area contributed by atoms with Crippen molar-refractivity contribution in [3.05, 3.63) is 0 Å². The van der Waals surface area contributed by atoms with Gasteiger partial charge in [-0.3, -0.25) is 9.69 Å². The second kappa shape index (κ2) is 7.22. The molecular weight excluding hydrogens is 410 g/mol. The Morgan fingerprint density at radius 1 is 1.12 bits per heavy atom. The van der Waals surface area contributed by atoms with Gasteiger partial charge in [0, 0.05) is 75.5 Å². The molecule has 5 saturated carbocycles. The van der Waals surface area contributed by atoms with Gasteiger partial charge in [-0.15, -0.1) is 0 Å². The Labute approximate surface area is 191 Å². The van der Waals surface area contributed by atoms with E-state index in [9.17, 15) is 9.90 Å². The van der Waals surface area contributed by atoms with Crippen molar-refractivity contribution < 1.29 is 28.8 Å². The number of carbonyl (C=O) groups excluding carboxylic acids is 1. The first-order chi connectivity index (χ1) is 15.5. The third kappa shape index (κ3) is 2.18. The number of Topliss-reactive ketones (excluding diaryl/α,β-unsaturated/α-hetero) is 1. The normalized spacial score (nSPS) is 57.8. The molecule has 6 rings (SSSR count). The molecule has 0 radical (unpaired) electrons. The Balaban J connectivity index is 1.62. The summed E-state index contributed by atoms with van der Waals surface area (Å²) in [6.07, 6.45) is 1.96. The van der Waals surface area contributed by atoms with E-state index in [4.69, 9.17) is 18.9 Å². The third-order valence-electron chi connectivity index (χ3n) is 11.1. The van der Waals surface area contributed by atoms with E-state index < -0.39 is 12.2 Å². The van der Waals surface area contributed by atoms with Crippen molar-refractivity contribution in [3.8, 4) is 0 Å². The topological polar surface area (TPSA) is 77.5 Å². The number of carbonyl (C=O) groups is 1. The van der Waals surface area contributed by atoms with E-state index in [-0.39, 0.29) is 70.4 Å². The maximum atomic E-state index is 13.9. The standard InChI is InChI=1S/C25H39NO6/c1-6-26-10-24(11-29-2)8-7-14(30-3)25-13-9-12-18(27)15(13)16(19(28)20(12)31-4)17(23(25)26)21(32-5)22(24)25/h12-18,20-23,27H,6-11H2,1-5H3/t12?,13-,14+,15+,16?,17+,18+,20-,21+,22-,23?,24+,25+/m1/s1. The van der Waals surface area contributed by atoms with E-state index >= 15 is 0 Å². The summed E-state index contributed by atoms with van der Waals surface area (Å²) in [6, 6.07) is 0.231. The van der Waals surface area contributed by atoms with Crippen LogP contribution in [0.15, 0.2) is 0 Å². The molecule has 6 fully saturated rings. The molecule has 180 valence electrons. The second-order valence-electron chi connectivity index (χ2n) is 11.5. The lowest BCUT2D eigenvalue weighted by molar-refractivity contribution is -0.250. The van der Waals surface area contributed by atoms with Crippen molar-refractivity contribution in [3.63, 3.8) is 0 Å². The zero-order chi connectivity index (χ0) is 22.6. The van der Waals surface area contributed by atoms with Crippen molar-refractivity contribution >= 4 is 5.78 Å². The smallest absolute Gasteiger partial charge is 0.165 e. The Bertz CT molecular complexity index is 792. The van der Waals surface area contributed by atoms with E-state index in [1.54, 1.807) is 7.11 Å². The minimum atomic E-state index is -0.507. The Kier molecular flexibility index (Phi) is 4.95. The molecule has 0 aromatic rings. The molecule has 7 heteroatoms. The highest BCUT2D eigenvalue weighted by Gasteiger charge is 2.84. The molecule has 0 aromatic carbocycles. The van der Waals surface area contributed by atoms with Gasteiger partial charge in [0.2, 0.25) is 0 Å². The van der Waals surface area contributed by atoms with Crippen LogP contribution in [0.25, 0.3) is 0 Å². The molecule has 1 N–H and O–H groups in total. The lowest BCUT2D eigenvalue weighted by atomic mass is 9.43. The van der Waals surface area contributed by atoms with Crippen molar-refractivity contribution in [2.75, 3.05) is 48.1 Å². The van der Waals surface area contributed by atoms with Gasteiger partial charge in [0.1, 0.15) is 6.10 Å². The number of fused-ring (bicyclic) bond motifs is 2. The number of rotatable bonds is 6. The lowest BCUT2D eigenvalue weighted by Crippen LogP contribution is -2.74. The minimum Gasteiger partial charge on any atom is -0.392 e. The first-order valence-electron chi connectivity index (χ1n) is 12.5. The number of aliphatic hydroxyl groups is 1. The first-order valence-corrected chi connectivity index (χ1v) is 12.5. The number of hydrogen-bond donors (Lipinski definition) is 1. The number of nitrogens with zero attached hydrogens (tertiary/aromatic N) is 1. The summed E-state index contributed by atoms with van der Waals surface area (Å²) in [4.78, 5) is 16.5. The summed E-state index contributed by atoms with van der Waals surface area (Å²) in [5.41, 5.74) is -0.151. The maximum Gasteiger partial charge on any atom is 0.165 e. The zero-order valence-electron chi connectivity index (χ0n) is 20.0. The summed E-state index contributed by atoms with van der Waals surface area (Å²) in [6.45, 7) is 4.86. The van der Waals surface area contributed by atoms with E-state index in [1.165, 1.54) is 0 Å². The van der Waals surface area contributed by atoms with Crippen molar-refractivity contribution in [1.29, 1.82) is 0 Å². The molecule has 5 aliphatic carbocycles. The monoisotopic (exact) mass is 449 g/mol. The van der Waals surface area contributed by atoms with Gasteiger partial charge in [0.25, 0.3) is 0 Å². The van der Waals surface area contributed by atoms with Crippen LogP contribution in [0.4, 0.5) is 0 Å². The molecular formula is C25H39NO6. The number of hydrogen-bond acceptors (Lipinski definition) is 7. The Morgan fingerprint density at radius 2 is 1.91 bits per heavy atom. The van der Waals surface area contributed by atoms with E-state index in [1.807, 2.05) is 21.3 Å². The van der Waals surface area contributed by atoms with Crippen LogP contribution in [-0.4, -0.2) is 94.4 Å². The van der Waals surface area contributed by atoms with Crippen LogP contribution in [0, 0.1) is 46.3 Å². The van der Waals surface area contributed by atoms with Gasteiger partial charge in [-0.05, 0) is 37.6 Å². The van der Waals surface area contributed by atoms with Crippen LogP contribution in [-0.2, 0) is 23.7 Å². The van der Waals surface area contributed by atoms with Gasteiger partial charge in [-0.1, -0.05) is 6.92 Å². The minimum absolute atomic E-state index is 0.0168. The number of ether oxygens (including phenoxy) is 4. The molecule has 6 aliphatic rings. The van der Waals surface area contributed by atoms with Gasteiger partial charge in [0.05, 0.1) is 24.9 Å². The highest BCUT2D eigenvalue weighted by Crippen LogP contribution is 2.78. The highest BCUT2D eigenvalue weighted by molar-refractivity contribution is 5.88. The first kappa shape index (κ1) is 21.9. The van der Waals surface area contributed by atoms with Crippen LogP contribution in [0.3, 0.4) is 0 Å². The van der Waals surface area contributed by atoms with Gasteiger partial charge < -0.3 is 24.1 Å². The van der Waals surface area contributed by atoms with E-state index in [0.717, 1.165) is 32.4 Å². The molecule has 7 bridgehead atoms. The maximum absolute atomic E-state index is 13.9. The Hall–Kier alpha value is -0.570. The van der Waals surface area contributed by atoms with Crippen molar-refractivity contribution in [1.82, 2.24) is 4.90 Å². The largest absolute Gasteiger partial charge is 0.392 e. The summed E-state index contributed by atoms with van der Waals surface area (Å²) < 4.78 is 24.4. The lowest BCUT2D eigenvalue weighted by Gasteiger charge is -2.68. The number of ketones is 1. The molecule has 0 aromatic heterocycles. The predicted molar refractivity (Wildman–Crippen MR) is 116 cm³/mol. The number of methoxy groups -OCH3 is 4. The highest BCUT2D eigenvalue weighted by atomic mass is 16.5. The number of aliphatic hydroxyl groups excluding tert-OH is 1. The summed E-state index contributed by atoms with van der Waals surface area (Å²) in [5, 5.41) is 11.5. The second-order valence-corrected chi connectivity index (χ2v) is 11.5. The van der Waals surface area contributed by atoms with Crippen LogP contribution in [0.5, 0.6) is 0 Å². The average molecular weight is 450 g/mol. The van der Waals surface area contributed by atoms with E-state index in [2.05, 4.69) is 11.8 Å². The van der Waals surface area contributed by atoms with Crippen LogP contribution >= 0.6 is 0 Å². The van der Waals surface area contributed by atoms with Gasteiger partial charge in [-0.25, -0.2) is 0 Å². The fraction of sp³-hybridized carbons (Fsp3) is 0.960. The van der Waals surface area contributed by atoms with Crippen LogP contribution < -0.4 is 0 Å². The van der Waals surface area contributed by atoms with Crippen LogP contribution in [0.2, 0.25) is 0 Å². The van der Waals surface area contributed by atoms with Crippen LogP contribution in [0.1, 0.15) is 26.2 Å². The molecule has 0 amide bonds. The molecule has 1 spiro atoms. The molecule has 13 atom stereocenters. The average Bonchev–Trinajstić information content (AvgIpc) is 3.15.